The minimum Gasteiger partial charge on any atom is -0.310 e. The number of sulfonamides is 1. The van der Waals surface area contributed by atoms with Crippen LogP contribution in [-0.4, -0.2) is 20.5 Å². The van der Waals surface area contributed by atoms with Crippen molar-refractivity contribution in [3.05, 3.63) is 29.3 Å². The molecule has 0 aliphatic carbocycles. The fourth-order valence-electron chi connectivity index (χ4n) is 1.87. The summed E-state index contributed by atoms with van der Waals surface area (Å²) in [6.45, 7) is 10.5. The van der Waals surface area contributed by atoms with E-state index >= 15 is 0 Å². The van der Waals surface area contributed by atoms with Gasteiger partial charge >= 0.3 is 0 Å². The molecule has 0 bridgehead atoms. The minimum absolute atomic E-state index is 0.0585. The van der Waals surface area contributed by atoms with Crippen LogP contribution in [-0.2, 0) is 16.6 Å². The van der Waals surface area contributed by atoms with E-state index < -0.39 is 10.0 Å². The third-order valence-corrected chi connectivity index (χ3v) is 5.09. The maximum atomic E-state index is 12.4. The van der Waals surface area contributed by atoms with Crippen LogP contribution >= 0.6 is 0 Å². The van der Waals surface area contributed by atoms with Gasteiger partial charge in [-0.25, -0.2) is 13.1 Å². The molecule has 1 atom stereocenters. The van der Waals surface area contributed by atoms with Gasteiger partial charge in [0.15, 0.2) is 0 Å². The van der Waals surface area contributed by atoms with Gasteiger partial charge in [-0.2, -0.15) is 0 Å². The molecule has 0 aliphatic rings. The van der Waals surface area contributed by atoms with Crippen LogP contribution in [0, 0.1) is 6.92 Å². The monoisotopic (exact) mass is 298 g/mol. The molecular formula is C15H26N2O2S. The highest BCUT2D eigenvalue weighted by Gasteiger charge is 2.19. The van der Waals surface area contributed by atoms with E-state index in [9.17, 15) is 8.42 Å². The van der Waals surface area contributed by atoms with E-state index in [2.05, 4.69) is 23.9 Å². The Labute approximate surface area is 123 Å². The first kappa shape index (κ1) is 17.1. The summed E-state index contributed by atoms with van der Waals surface area (Å²) in [4.78, 5) is 0.376. The molecule has 0 amide bonds. The summed E-state index contributed by atoms with van der Waals surface area (Å²) in [5.41, 5.74) is 1.84. The van der Waals surface area contributed by atoms with Crippen LogP contribution < -0.4 is 10.0 Å². The maximum absolute atomic E-state index is 12.4. The van der Waals surface area contributed by atoms with Crippen LogP contribution in [0.25, 0.3) is 0 Å². The van der Waals surface area contributed by atoms with E-state index in [-0.39, 0.29) is 6.04 Å². The molecule has 1 unspecified atom stereocenters. The van der Waals surface area contributed by atoms with Crippen molar-refractivity contribution in [2.45, 2.75) is 64.6 Å². The molecule has 1 aromatic carbocycles. The van der Waals surface area contributed by atoms with Crippen LogP contribution in [0.4, 0.5) is 0 Å². The lowest BCUT2D eigenvalue weighted by Crippen LogP contribution is -2.32. The van der Waals surface area contributed by atoms with Gasteiger partial charge in [-0.3, -0.25) is 0 Å². The molecular weight excluding hydrogens is 272 g/mol. The van der Waals surface area contributed by atoms with Crippen LogP contribution in [0.3, 0.4) is 0 Å². The zero-order valence-electron chi connectivity index (χ0n) is 13.0. The second-order valence-corrected chi connectivity index (χ2v) is 7.19. The Balaban J connectivity index is 3.04. The molecule has 0 spiro atoms. The largest absolute Gasteiger partial charge is 0.310 e. The molecule has 114 valence electrons. The second kappa shape index (κ2) is 7.20. The highest BCUT2D eigenvalue weighted by molar-refractivity contribution is 7.89. The van der Waals surface area contributed by atoms with E-state index in [1.165, 1.54) is 0 Å². The lowest BCUT2D eigenvalue weighted by Gasteiger charge is -2.16. The molecule has 4 nitrogen and oxygen atoms in total. The molecule has 1 aromatic rings. The summed E-state index contributed by atoms with van der Waals surface area (Å²) in [7, 11) is -3.44. The lowest BCUT2D eigenvalue weighted by molar-refractivity contribution is 0.554. The Kier molecular flexibility index (Phi) is 6.17. The normalized spacial score (nSPS) is 13.7. The first-order valence-electron chi connectivity index (χ1n) is 7.12. The number of benzene rings is 1. The number of nitrogens with one attached hydrogen (secondary N) is 2. The Bertz CT molecular complexity index is 539. The van der Waals surface area contributed by atoms with Crippen molar-refractivity contribution in [2.75, 3.05) is 0 Å². The predicted octanol–water partition coefficient (Wildman–Crippen LogP) is 2.57. The van der Waals surface area contributed by atoms with Crippen molar-refractivity contribution >= 4 is 10.0 Å². The van der Waals surface area contributed by atoms with Gasteiger partial charge in [0, 0.05) is 18.6 Å². The van der Waals surface area contributed by atoms with Crippen LogP contribution in [0.1, 0.15) is 45.2 Å². The van der Waals surface area contributed by atoms with Gasteiger partial charge in [-0.1, -0.05) is 32.9 Å². The summed E-state index contributed by atoms with van der Waals surface area (Å²) in [6, 6.07) is 5.74. The summed E-state index contributed by atoms with van der Waals surface area (Å²) in [5, 5.41) is 3.32. The summed E-state index contributed by atoms with van der Waals surface area (Å²) in [5.74, 6) is 0. The Morgan fingerprint density at radius 3 is 2.40 bits per heavy atom. The van der Waals surface area contributed by atoms with Crippen LogP contribution in [0.15, 0.2) is 23.1 Å². The highest BCUT2D eigenvalue weighted by atomic mass is 32.2. The molecule has 5 heteroatoms. The van der Waals surface area contributed by atoms with Crippen molar-refractivity contribution in [1.82, 2.24) is 10.0 Å². The average molecular weight is 298 g/mol. The minimum atomic E-state index is -3.44. The van der Waals surface area contributed by atoms with Crippen molar-refractivity contribution in [2.24, 2.45) is 0 Å². The third kappa shape index (κ3) is 4.58. The summed E-state index contributed by atoms with van der Waals surface area (Å²) in [6.07, 6.45) is 0.771. The smallest absolute Gasteiger partial charge is 0.241 e. The molecule has 1 rings (SSSR count). The molecule has 20 heavy (non-hydrogen) atoms. The number of hydrogen-bond donors (Lipinski definition) is 2. The SMILES string of the molecule is CCC(C)NS(=O)(=O)c1cccc(CNC(C)C)c1C. The molecule has 0 radical (unpaired) electrons. The van der Waals surface area contributed by atoms with E-state index in [4.69, 9.17) is 0 Å². The van der Waals surface area contributed by atoms with Crippen molar-refractivity contribution in [3.63, 3.8) is 0 Å². The molecule has 0 aliphatic heterocycles. The zero-order valence-corrected chi connectivity index (χ0v) is 13.8. The third-order valence-electron chi connectivity index (χ3n) is 3.36. The molecule has 0 heterocycles. The topological polar surface area (TPSA) is 58.2 Å². The maximum Gasteiger partial charge on any atom is 0.241 e. The molecule has 0 saturated carbocycles. The summed E-state index contributed by atoms with van der Waals surface area (Å²) >= 11 is 0. The lowest BCUT2D eigenvalue weighted by atomic mass is 10.1. The second-order valence-electron chi connectivity index (χ2n) is 5.51. The molecule has 2 N–H and O–H groups in total. The van der Waals surface area contributed by atoms with Gasteiger partial charge in [-0.15, -0.1) is 0 Å². The van der Waals surface area contributed by atoms with Gasteiger partial charge in [0.2, 0.25) is 10.0 Å². The first-order valence-corrected chi connectivity index (χ1v) is 8.60. The fourth-order valence-corrected chi connectivity index (χ4v) is 3.48. The Morgan fingerprint density at radius 1 is 1.20 bits per heavy atom. The zero-order chi connectivity index (χ0) is 15.3. The Hall–Kier alpha value is -0.910. The van der Waals surface area contributed by atoms with E-state index in [1.54, 1.807) is 12.1 Å². The quantitative estimate of drug-likeness (QED) is 0.813. The standard InChI is InChI=1S/C15H26N2O2S/c1-6-12(4)17-20(18,19)15-9-7-8-14(13(15)5)10-16-11(2)3/h7-9,11-12,16-17H,6,10H2,1-5H3. The van der Waals surface area contributed by atoms with Gasteiger partial charge in [0.05, 0.1) is 4.90 Å². The number of rotatable bonds is 7. The van der Waals surface area contributed by atoms with Crippen LogP contribution in [0.5, 0.6) is 0 Å². The van der Waals surface area contributed by atoms with Crippen molar-refractivity contribution in [1.29, 1.82) is 0 Å². The summed E-state index contributed by atoms with van der Waals surface area (Å²) < 4.78 is 27.5. The van der Waals surface area contributed by atoms with Gasteiger partial charge < -0.3 is 5.32 Å². The van der Waals surface area contributed by atoms with Crippen molar-refractivity contribution < 1.29 is 8.42 Å². The van der Waals surface area contributed by atoms with E-state index in [1.807, 2.05) is 26.8 Å². The van der Waals surface area contributed by atoms with Crippen LogP contribution in [0.2, 0.25) is 0 Å². The molecule has 0 fully saturated rings. The Morgan fingerprint density at radius 2 is 1.85 bits per heavy atom. The fraction of sp³-hybridized carbons (Fsp3) is 0.600. The first-order chi connectivity index (χ1) is 9.27. The predicted molar refractivity (Wildman–Crippen MR) is 83.2 cm³/mol. The van der Waals surface area contributed by atoms with E-state index in [0.717, 1.165) is 17.5 Å². The average Bonchev–Trinajstić information content (AvgIpc) is 2.36. The number of hydrogen-bond acceptors (Lipinski definition) is 3. The van der Waals surface area contributed by atoms with Crippen molar-refractivity contribution in [3.8, 4) is 0 Å². The highest BCUT2D eigenvalue weighted by Crippen LogP contribution is 2.19. The van der Waals surface area contributed by atoms with Gasteiger partial charge in [-0.05, 0) is 37.5 Å². The molecule has 0 aromatic heterocycles. The molecule has 0 saturated heterocycles. The van der Waals surface area contributed by atoms with E-state index in [0.29, 0.717) is 17.5 Å². The van der Waals surface area contributed by atoms with Gasteiger partial charge in [0.1, 0.15) is 0 Å². The van der Waals surface area contributed by atoms with Gasteiger partial charge in [0.25, 0.3) is 0 Å².